The van der Waals surface area contributed by atoms with Gasteiger partial charge in [0, 0.05) is 12.2 Å². The van der Waals surface area contributed by atoms with Crippen molar-refractivity contribution in [3.05, 3.63) is 95.8 Å². The lowest BCUT2D eigenvalue weighted by Gasteiger charge is -2.22. The second-order valence-electron chi connectivity index (χ2n) is 6.89. The normalized spacial score (nSPS) is 11.4. The van der Waals surface area contributed by atoms with Crippen LogP contribution in [0.15, 0.2) is 83.8 Å². The molecule has 0 atom stereocenters. The second kappa shape index (κ2) is 9.65. The predicted octanol–water partition coefficient (Wildman–Crippen LogP) is 4.01. The van der Waals surface area contributed by atoms with Gasteiger partial charge in [-0.25, -0.2) is 12.8 Å². The van der Waals surface area contributed by atoms with Crippen molar-refractivity contribution in [1.82, 2.24) is 4.31 Å². The Hall–Kier alpha value is -3.03. The van der Waals surface area contributed by atoms with Crippen molar-refractivity contribution in [2.45, 2.75) is 18.2 Å². The van der Waals surface area contributed by atoms with Crippen LogP contribution in [-0.4, -0.2) is 31.7 Å². The number of hydrogen-bond acceptors (Lipinski definition) is 3. The number of nitrogens with zero attached hydrogens (tertiary/aromatic N) is 1. The summed E-state index contributed by atoms with van der Waals surface area (Å²) in [5.41, 5.74) is 1.97. The number of rotatable bonds is 8. The molecule has 156 valence electrons. The van der Waals surface area contributed by atoms with Crippen molar-refractivity contribution in [3.63, 3.8) is 0 Å². The molecular formula is C23H23FN2O3S. The molecule has 0 fully saturated rings. The second-order valence-corrected chi connectivity index (χ2v) is 8.83. The van der Waals surface area contributed by atoms with E-state index in [-0.39, 0.29) is 18.0 Å². The summed E-state index contributed by atoms with van der Waals surface area (Å²) in [6.45, 7) is 1.50. The molecule has 3 aromatic rings. The maximum Gasteiger partial charge on any atom is 0.243 e. The van der Waals surface area contributed by atoms with E-state index in [9.17, 15) is 17.6 Å². The van der Waals surface area contributed by atoms with Crippen LogP contribution in [0.4, 0.5) is 10.1 Å². The van der Waals surface area contributed by atoms with Crippen molar-refractivity contribution < 1.29 is 17.6 Å². The first-order valence-corrected chi connectivity index (χ1v) is 11.0. The SMILES string of the molecule is Cc1ccc(F)cc1NC(=O)CN(CCc1ccccc1)S(=O)(=O)c1ccccc1. The zero-order chi connectivity index (χ0) is 21.6. The molecule has 0 saturated heterocycles. The van der Waals surface area contributed by atoms with Gasteiger partial charge in [-0.2, -0.15) is 4.31 Å². The van der Waals surface area contributed by atoms with Gasteiger partial charge in [0.25, 0.3) is 0 Å². The number of benzene rings is 3. The van der Waals surface area contributed by atoms with E-state index >= 15 is 0 Å². The molecule has 30 heavy (non-hydrogen) atoms. The van der Waals surface area contributed by atoms with Crippen LogP contribution < -0.4 is 5.32 Å². The van der Waals surface area contributed by atoms with Gasteiger partial charge >= 0.3 is 0 Å². The van der Waals surface area contributed by atoms with Gasteiger partial charge in [0.05, 0.1) is 11.4 Å². The molecule has 0 aliphatic carbocycles. The highest BCUT2D eigenvalue weighted by molar-refractivity contribution is 7.89. The minimum absolute atomic E-state index is 0.118. The van der Waals surface area contributed by atoms with Gasteiger partial charge in [-0.15, -0.1) is 0 Å². The van der Waals surface area contributed by atoms with Crippen LogP contribution >= 0.6 is 0 Å². The lowest BCUT2D eigenvalue weighted by atomic mass is 10.1. The highest BCUT2D eigenvalue weighted by Gasteiger charge is 2.26. The Bertz CT molecular complexity index is 1100. The highest BCUT2D eigenvalue weighted by Crippen LogP contribution is 2.18. The molecule has 3 aromatic carbocycles. The zero-order valence-electron chi connectivity index (χ0n) is 16.6. The average molecular weight is 427 g/mol. The molecule has 0 heterocycles. The van der Waals surface area contributed by atoms with Crippen molar-refractivity contribution in [1.29, 1.82) is 0 Å². The molecule has 0 aliphatic rings. The van der Waals surface area contributed by atoms with E-state index < -0.39 is 21.7 Å². The van der Waals surface area contributed by atoms with Crippen LogP contribution in [0, 0.1) is 12.7 Å². The first-order valence-electron chi connectivity index (χ1n) is 9.51. The van der Waals surface area contributed by atoms with Gasteiger partial charge < -0.3 is 5.32 Å². The smallest absolute Gasteiger partial charge is 0.243 e. The third kappa shape index (κ3) is 5.52. The number of amides is 1. The van der Waals surface area contributed by atoms with Crippen molar-refractivity contribution >= 4 is 21.6 Å². The van der Waals surface area contributed by atoms with E-state index in [0.29, 0.717) is 17.7 Å². The van der Waals surface area contributed by atoms with Gasteiger partial charge in [-0.3, -0.25) is 4.79 Å². The van der Waals surface area contributed by atoms with E-state index in [2.05, 4.69) is 5.32 Å². The van der Waals surface area contributed by atoms with E-state index in [1.54, 1.807) is 31.2 Å². The molecule has 0 unspecified atom stereocenters. The highest BCUT2D eigenvalue weighted by atomic mass is 32.2. The minimum atomic E-state index is -3.88. The molecule has 3 rings (SSSR count). The van der Waals surface area contributed by atoms with Crippen LogP contribution in [-0.2, 0) is 21.2 Å². The molecule has 0 spiro atoms. The summed E-state index contributed by atoms with van der Waals surface area (Å²) < 4.78 is 41.0. The molecule has 1 amide bonds. The van der Waals surface area contributed by atoms with E-state index in [0.717, 1.165) is 9.87 Å². The van der Waals surface area contributed by atoms with E-state index in [4.69, 9.17) is 0 Å². The summed E-state index contributed by atoms with van der Waals surface area (Å²) in [5.74, 6) is -1.01. The van der Waals surface area contributed by atoms with Crippen LogP contribution in [0.1, 0.15) is 11.1 Å². The number of anilines is 1. The predicted molar refractivity (Wildman–Crippen MR) is 115 cm³/mol. The summed E-state index contributed by atoms with van der Waals surface area (Å²) in [6, 6.07) is 21.5. The third-order valence-electron chi connectivity index (χ3n) is 4.67. The van der Waals surface area contributed by atoms with Crippen LogP contribution in [0.3, 0.4) is 0 Å². The van der Waals surface area contributed by atoms with Gasteiger partial charge in [0.2, 0.25) is 15.9 Å². The fourth-order valence-corrected chi connectivity index (χ4v) is 4.42. The van der Waals surface area contributed by atoms with E-state index in [1.165, 1.54) is 24.3 Å². The molecule has 5 nitrogen and oxygen atoms in total. The summed E-state index contributed by atoms with van der Waals surface area (Å²) in [7, 11) is -3.88. The molecule has 1 N–H and O–H groups in total. The summed E-state index contributed by atoms with van der Waals surface area (Å²) in [5, 5.41) is 2.62. The number of carbonyl (C=O) groups is 1. The molecule has 0 radical (unpaired) electrons. The Balaban J connectivity index is 1.81. The average Bonchev–Trinajstić information content (AvgIpc) is 2.75. The molecule has 0 aromatic heterocycles. The van der Waals surface area contributed by atoms with Crippen molar-refractivity contribution in [2.24, 2.45) is 0 Å². The summed E-state index contributed by atoms with van der Waals surface area (Å²) in [6.07, 6.45) is 0.458. The summed E-state index contributed by atoms with van der Waals surface area (Å²) >= 11 is 0. The molecular weight excluding hydrogens is 403 g/mol. The first kappa shape index (κ1) is 21.7. The molecule has 0 saturated carbocycles. The van der Waals surface area contributed by atoms with Gasteiger partial charge in [-0.1, -0.05) is 54.6 Å². The zero-order valence-corrected chi connectivity index (χ0v) is 17.4. The Labute approximate surface area is 176 Å². The fourth-order valence-electron chi connectivity index (χ4n) is 3.00. The van der Waals surface area contributed by atoms with E-state index in [1.807, 2.05) is 30.3 Å². The minimum Gasteiger partial charge on any atom is -0.325 e. The quantitative estimate of drug-likeness (QED) is 0.592. The standard InChI is InChI=1S/C23H23FN2O3S/c1-18-12-13-20(24)16-22(18)25-23(27)17-26(15-14-19-8-4-2-5-9-19)30(28,29)21-10-6-3-7-11-21/h2-13,16H,14-15,17H2,1H3,(H,25,27). The monoisotopic (exact) mass is 426 g/mol. The summed E-state index contributed by atoms with van der Waals surface area (Å²) in [4.78, 5) is 12.8. The maximum absolute atomic E-state index is 13.5. The number of hydrogen-bond donors (Lipinski definition) is 1. The molecule has 0 bridgehead atoms. The van der Waals surface area contributed by atoms with Gasteiger partial charge in [0.1, 0.15) is 5.82 Å². The molecule has 0 aliphatic heterocycles. The Morgan fingerprint density at radius 1 is 0.967 bits per heavy atom. The van der Waals surface area contributed by atoms with Crippen molar-refractivity contribution in [2.75, 3.05) is 18.4 Å². The Morgan fingerprint density at radius 2 is 1.60 bits per heavy atom. The maximum atomic E-state index is 13.5. The number of nitrogens with one attached hydrogen (secondary N) is 1. The number of carbonyl (C=O) groups excluding carboxylic acids is 1. The van der Waals surface area contributed by atoms with Crippen molar-refractivity contribution in [3.8, 4) is 0 Å². The van der Waals surface area contributed by atoms with Crippen LogP contribution in [0.25, 0.3) is 0 Å². The van der Waals surface area contributed by atoms with Crippen LogP contribution in [0.2, 0.25) is 0 Å². The van der Waals surface area contributed by atoms with Crippen LogP contribution in [0.5, 0.6) is 0 Å². The Kier molecular flexibility index (Phi) is 6.97. The number of halogens is 1. The Morgan fingerprint density at radius 3 is 2.27 bits per heavy atom. The largest absolute Gasteiger partial charge is 0.325 e. The molecule has 7 heteroatoms. The topological polar surface area (TPSA) is 66.5 Å². The lowest BCUT2D eigenvalue weighted by Crippen LogP contribution is -2.39. The number of sulfonamides is 1. The third-order valence-corrected chi connectivity index (χ3v) is 6.53. The van der Waals surface area contributed by atoms with Gasteiger partial charge in [0.15, 0.2) is 0 Å². The number of aryl methyl sites for hydroxylation is 1. The lowest BCUT2D eigenvalue weighted by molar-refractivity contribution is -0.116. The van der Waals surface area contributed by atoms with Gasteiger partial charge in [-0.05, 0) is 48.7 Å². The first-order chi connectivity index (χ1) is 14.4. The fraction of sp³-hybridized carbons (Fsp3) is 0.174.